The largest absolute Gasteiger partial charge is 0.480 e. The van der Waals surface area contributed by atoms with Crippen LogP contribution in [0.2, 0.25) is 0 Å². The van der Waals surface area contributed by atoms with Gasteiger partial charge in [0.05, 0.1) is 18.6 Å². The number of carbonyl (C=O) groups is 5. The summed E-state index contributed by atoms with van der Waals surface area (Å²) in [5, 5.41) is 28.8. The molecule has 1 fully saturated rings. The maximum Gasteiger partial charge on any atom is 0.328 e. The molecule has 8 N–H and O–H groups in total. The summed E-state index contributed by atoms with van der Waals surface area (Å²) in [5.41, 5.74) is 5.20. The van der Waals surface area contributed by atoms with Crippen molar-refractivity contribution in [3.63, 3.8) is 0 Å². The first-order chi connectivity index (χ1) is 14.6. The van der Waals surface area contributed by atoms with Crippen LogP contribution in [0.15, 0.2) is 0 Å². The fourth-order valence-corrected chi connectivity index (χ4v) is 3.48. The fraction of sp³-hybridized carbons (Fsp3) is 0.722. The highest BCUT2D eigenvalue weighted by Crippen LogP contribution is 2.07. The van der Waals surface area contributed by atoms with Crippen LogP contribution in [0.25, 0.3) is 0 Å². The highest BCUT2D eigenvalue weighted by molar-refractivity contribution is 7.98. The molecule has 0 radical (unpaired) electrons. The van der Waals surface area contributed by atoms with E-state index in [2.05, 4.69) is 21.3 Å². The van der Waals surface area contributed by atoms with E-state index < -0.39 is 66.3 Å². The Morgan fingerprint density at radius 2 is 1.77 bits per heavy atom. The third kappa shape index (κ3) is 9.11. The first kappa shape index (κ1) is 26.7. The Kier molecular flexibility index (Phi) is 11.3. The van der Waals surface area contributed by atoms with Gasteiger partial charge in [0, 0.05) is 0 Å². The number of hydrogen-bond acceptors (Lipinski definition) is 8. The first-order valence-corrected chi connectivity index (χ1v) is 11.3. The highest BCUT2D eigenvalue weighted by Gasteiger charge is 2.33. The van der Waals surface area contributed by atoms with Gasteiger partial charge in [0.2, 0.25) is 23.6 Å². The molecule has 13 heteroatoms. The molecule has 0 spiro atoms. The molecule has 12 nitrogen and oxygen atoms in total. The van der Waals surface area contributed by atoms with Crippen molar-refractivity contribution in [1.82, 2.24) is 21.3 Å². The lowest BCUT2D eigenvalue weighted by atomic mass is 10.1. The molecule has 31 heavy (non-hydrogen) atoms. The molecule has 0 aromatic heterocycles. The van der Waals surface area contributed by atoms with Crippen molar-refractivity contribution >= 4 is 41.4 Å². The van der Waals surface area contributed by atoms with Crippen molar-refractivity contribution in [3.05, 3.63) is 0 Å². The predicted octanol–water partition coefficient (Wildman–Crippen LogP) is -2.71. The van der Waals surface area contributed by atoms with Gasteiger partial charge in [-0.15, -0.1) is 0 Å². The number of carboxylic acids is 1. The van der Waals surface area contributed by atoms with Gasteiger partial charge in [0.15, 0.2) is 6.04 Å². The lowest BCUT2D eigenvalue weighted by Crippen LogP contribution is -2.58. The molecule has 0 saturated carbocycles. The summed E-state index contributed by atoms with van der Waals surface area (Å²) in [6, 6.07) is -4.47. The summed E-state index contributed by atoms with van der Waals surface area (Å²) < 4.78 is 0. The van der Waals surface area contributed by atoms with Crippen molar-refractivity contribution in [3.8, 4) is 0 Å². The van der Waals surface area contributed by atoms with E-state index in [1.807, 2.05) is 0 Å². The third-order valence-electron chi connectivity index (χ3n) is 4.70. The van der Waals surface area contributed by atoms with Crippen molar-refractivity contribution in [2.45, 2.75) is 62.9 Å². The SMILES string of the molecule is CSCCC(NC(=O)C(CC(N)=O)NC(=O)C1CCCN1)C(=O)NC(C(=O)O)C(C)O. The van der Waals surface area contributed by atoms with Crippen molar-refractivity contribution in [2.24, 2.45) is 5.73 Å². The zero-order chi connectivity index (χ0) is 23.6. The number of rotatable bonds is 13. The Labute approximate surface area is 184 Å². The molecule has 0 aromatic rings. The normalized spacial score (nSPS) is 19.5. The molecule has 5 unspecified atom stereocenters. The highest BCUT2D eigenvalue weighted by atomic mass is 32.2. The molecular formula is C18H31N5O7S. The Bertz CT molecular complexity index is 670. The monoisotopic (exact) mass is 461 g/mol. The summed E-state index contributed by atoms with van der Waals surface area (Å²) in [6.07, 6.45) is 1.51. The van der Waals surface area contributed by atoms with Crippen LogP contribution in [-0.2, 0) is 24.0 Å². The molecule has 0 bridgehead atoms. The van der Waals surface area contributed by atoms with Crippen molar-refractivity contribution < 1.29 is 34.2 Å². The predicted molar refractivity (Wildman–Crippen MR) is 113 cm³/mol. The number of aliphatic hydroxyl groups excluding tert-OH is 1. The molecule has 1 heterocycles. The molecule has 176 valence electrons. The van der Waals surface area contributed by atoms with Crippen LogP contribution >= 0.6 is 11.8 Å². The lowest BCUT2D eigenvalue weighted by molar-refractivity contribution is -0.145. The standard InChI is InChI=1S/C18H31N5O7S/c1-9(24)14(18(29)30)23-16(27)11(5-7-31-2)21-17(28)12(8-13(19)25)22-15(26)10-4-3-6-20-10/h9-12,14,20,24H,3-8H2,1-2H3,(H2,19,25)(H,21,28)(H,22,26)(H,23,27)(H,29,30). The Morgan fingerprint density at radius 1 is 1.13 bits per heavy atom. The number of nitrogens with one attached hydrogen (secondary N) is 4. The van der Waals surface area contributed by atoms with Gasteiger partial charge in [-0.3, -0.25) is 19.2 Å². The molecule has 1 saturated heterocycles. The number of thioether (sulfide) groups is 1. The number of carboxylic acid groups (broad SMARTS) is 1. The zero-order valence-corrected chi connectivity index (χ0v) is 18.4. The van der Waals surface area contributed by atoms with Crippen LogP contribution in [0.3, 0.4) is 0 Å². The molecule has 5 atom stereocenters. The van der Waals surface area contributed by atoms with E-state index in [0.29, 0.717) is 18.7 Å². The molecule has 1 rings (SSSR count). The van der Waals surface area contributed by atoms with Gasteiger partial charge in [-0.05, 0) is 44.7 Å². The van der Waals surface area contributed by atoms with E-state index in [9.17, 15) is 29.1 Å². The molecule has 4 amide bonds. The fourth-order valence-electron chi connectivity index (χ4n) is 3.01. The number of aliphatic carboxylic acids is 1. The minimum atomic E-state index is -1.56. The topological polar surface area (TPSA) is 200 Å². The number of aliphatic hydroxyl groups is 1. The Hall–Kier alpha value is -2.38. The second kappa shape index (κ2) is 13.1. The molecule has 0 aromatic carbocycles. The van der Waals surface area contributed by atoms with Crippen LogP contribution in [0, 0.1) is 0 Å². The lowest BCUT2D eigenvalue weighted by Gasteiger charge is -2.25. The minimum absolute atomic E-state index is 0.159. The van der Waals surface area contributed by atoms with Crippen LogP contribution < -0.4 is 27.0 Å². The maximum atomic E-state index is 12.8. The Morgan fingerprint density at radius 3 is 2.26 bits per heavy atom. The van der Waals surface area contributed by atoms with Gasteiger partial charge in [-0.2, -0.15) is 11.8 Å². The number of carbonyl (C=O) groups excluding carboxylic acids is 4. The average molecular weight is 462 g/mol. The number of primary amides is 1. The third-order valence-corrected chi connectivity index (χ3v) is 5.35. The quantitative estimate of drug-likeness (QED) is 0.152. The van der Waals surface area contributed by atoms with E-state index >= 15 is 0 Å². The smallest absolute Gasteiger partial charge is 0.328 e. The van der Waals surface area contributed by atoms with E-state index in [0.717, 1.165) is 6.42 Å². The van der Waals surface area contributed by atoms with E-state index in [1.54, 1.807) is 6.26 Å². The van der Waals surface area contributed by atoms with Gasteiger partial charge in [-0.1, -0.05) is 0 Å². The zero-order valence-electron chi connectivity index (χ0n) is 17.6. The summed E-state index contributed by atoms with van der Waals surface area (Å²) in [7, 11) is 0. The van der Waals surface area contributed by atoms with Crippen LogP contribution in [0.1, 0.15) is 32.6 Å². The van der Waals surface area contributed by atoms with Gasteiger partial charge in [0.1, 0.15) is 12.1 Å². The average Bonchev–Trinajstić information content (AvgIpc) is 3.22. The van der Waals surface area contributed by atoms with E-state index in [4.69, 9.17) is 10.8 Å². The first-order valence-electron chi connectivity index (χ1n) is 9.89. The summed E-state index contributed by atoms with van der Waals surface area (Å²) in [4.78, 5) is 60.3. The van der Waals surface area contributed by atoms with E-state index in [1.165, 1.54) is 18.7 Å². The maximum absolute atomic E-state index is 12.8. The van der Waals surface area contributed by atoms with Crippen LogP contribution in [0.4, 0.5) is 0 Å². The molecule has 1 aliphatic rings. The molecular weight excluding hydrogens is 430 g/mol. The summed E-state index contributed by atoms with van der Waals surface area (Å²) >= 11 is 1.40. The van der Waals surface area contributed by atoms with Crippen molar-refractivity contribution in [2.75, 3.05) is 18.6 Å². The number of hydrogen-bond donors (Lipinski definition) is 7. The number of nitrogens with two attached hydrogens (primary N) is 1. The van der Waals surface area contributed by atoms with Crippen molar-refractivity contribution in [1.29, 1.82) is 0 Å². The van der Waals surface area contributed by atoms with Gasteiger partial charge < -0.3 is 37.2 Å². The van der Waals surface area contributed by atoms with Gasteiger partial charge >= 0.3 is 5.97 Å². The molecule has 0 aliphatic carbocycles. The van der Waals surface area contributed by atoms with Gasteiger partial charge in [0.25, 0.3) is 0 Å². The summed E-state index contributed by atoms with van der Waals surface area (Å²) in [5.74, 6) is -3.84. The minimum Gasteiger partial charge on any atom is -0.480 e. The number of amides is 4. The molecule has 1 aliphatic heterocycles. The second-order valence-electron chi connectivity index (χ2n) is 7.29. The van der Waals surface area contributed by atoms with Crippen LogP contribution in [0.5, 0.6) is 0 Å². The Balaban J connectivity index is 2.90. The van der Waals surface area contributed by atoms with E-state index in [-0.39, 0.29) is 6.42 Å². The van der Waals surface area contributed by atoms with Gasteiger partial charge in [-0.25, -0.2) is 4.79 Å². The summed E-state index contributed by atoms with van der Waals surface area (Å²) in [6.45, 7) is 1.87. The second-order valence-corrected chi connectivity index (χ2v) is 8.27. The van der Waals surface area contributed by atoms with Crippen LogP contribution in [-0.4, -0.2) is 88.6 Å².